The number of benzene rings is 1. The average molecular weight is 301 g/mol. The number of hydrogen-bond acceptors (Lipinski definition) is 4. The molecule has 0 radical (unpaired) electrons. The van der Waals surface area contributed by atoms with Crippen molar-refractivity contribution in [1.29, 1.82) is 0 Å². The van der Waals surface area contributed by atoms with E-state index in [0.29, 0.717) is 12.1 Å². The van der Waals surface area contributed by atoms with Gasteiger partial charge in [0.05, 0.1) is 22.3 Å². The highest BCUT2D eigenvalue weighted by Crippen LogP contribution is 2.21. The van der Waals surface area contributed by atoms with E-state index < -0.39 is 0 Å². The molecule has 0 atom stereocenters. The molecule has 2 heterocycles. The summed E-state index contributed by atoms with van der Waals surface area (Å²) in [5.74, 6) is 0. The summed E-state index contributed by atoms with van der Waals surface area (Å²) < 4.78 is 2.69. The Bertz CT molecular complexity index is 818. The standard InChI is InChI=1S/C14H11N3OS2/c15-13(19)9-4-3-7-17(14(9)18)8-12-16-10-5-1-2-6-11(10)20-12/h1-7H,8H2,(H2,15,19). The molecule has 4 nitrogen and oxygen atoms in total. The maximum atomic E-state index is 12.2. The molecule has 0 bridgehead atoms. The maximum absolute atomic E-state index is 12.2. The summed E-state index contributed by atoms with van der Waals surface area (Å²) in [7, 11) is 0. The number of fused-ring (bicyclic) bond motifs is 1. The Balaban J connectivity index is 2.01. The van der Waals surface area contributed by atoms with Crippen LogP contribution in [-0.2, 0) is 6.54 Å². The Morgan fingerprint density at radius 3 is 2.85 bits per heavy atom. The van der Waals surface area contributed by atoms with Crippen molar-refractivity contribution in [2.24, 2.45) is 5.73 Å². The van der Waals surface area contributed by atoms with Gasteiger partial charge in [0, 0.05) is 6.20 Å². The van der Waals surface area contributed by atoms with Crippen LogP contribution < -0.4 is 11.3 Å². The zero-order valence-electron chi connectivity index (χ0n) is 10.4. The molecule has 0 fully saturated rings. The third-order valence-electron chi connectivity index (χ3n) is 2.93. The predicted molar refractivity (Wildman–Crippen MR) is 85.3 cm³/mol. The molecule has 0 saturated carbocycles. The third kappa shape index (κ3) is 2.35. The molecule has 0 unspecified atom stereocenters. The number of thiocarbonyl (C=S) groups is 1. The van der Waals surface area contributed by atoms with E-state index in [-0.39, 0.29) is 10.5 Å². The van der Waals surface area contributed by atoms with E-state index in [0.717, 1.165) is 15.2 Å². The van der Waals surface area contributed by atoms with E-state index in [4.69, 9.17) is 18.0 Å². The number of aromatic nitrogens is 2. The number of pyridine rings is 1. The molecule has 3 rings (SSSR count). The number of nitrogens with zero attached hydrogens (tertiary/aromatic N) is 2. The lowest BCUT2D eigenvalue weighted by Gasteiger charge is -2.04. The fourth-order valence-corrected chi connectivity index (χ4v) is 3.10. The molecular formula is C14H11N3OS2. The molecule has 0 spiro atoms. The smallest absolute Gasteiger partial charge is 0.261 e. The first-order chi connectivity index (χ1) is 9.65. The first kappa shape index (κ1) is 13.0. The lowest BCUT2D eigenvalue weighted by molar-refractivity contribution is 0.754. The van der Waals surface area contributed by atoms with Crippen LogP contribution in [0, 0.1) is 0 Å². The molecule has 0 aliphatic carbocycles. The second-order valence-electron chi connectivity index (χ2n) is 4.29. The topological polar surface area (TPSA) is 60.9 Å². The molecule has 2 N–H and O–H groups in total. The van der Waals surface area contributed by atoms with Gasteiger partial charge >= 0.3 is 0 Å². The summed E-state index contributed by atoms with van der Waals surface area (Å²) in [4.78, 5) is 16.8. The largest absolute Gasteiger partial charge is 0.389 e. The van der Waals surface area contributed by atoms with Gasteiger partial charge in [-0.2, -0.15) is 0 Å². The van der Waals surface area contributed by atoms with Gasteiger partial charge in [-0.3, -0.25) is 4.79 Å². The van der Waals surface area contributed by atoms with Gasteiger partial charge < -0.3 is 10.3 Å². The normalized spacial score (nSPS) is 10.8. The van der Waals surface area contributed by atoms with Crippen LogP contribution in [0.5, 0.6) is 0 Å². The van der Waals surface area contributed by atoms with E-state index >= 15 is 0 Å². The average Bonchev–Trinajstić information content (AvgIpc) is 2.83. The minimum atomic E-state index is -0.181. The molecule has 0 amide bonds. The van der Waals surface area contributed by atoms with Crippen LogP contribution in [0.15, 0.2) is 47.4 Å². The van der Waals surface area contributed by atoms with Crippen LogP contribution in [0.4, 0.5) is 0 Å². The minimum absolute atomic E-state index is 0.119. The maximum Gasteiger partial charge on any atom is 0.261 e. The van der Waals surface area contributed by atoms with Gasteiger partial charge in [0.2, 0.25) is 0 Å². The lowest BCUT2D eigenvalue weighted by atomic mass is 10.3. The fourth-order valence-electron chi connectivity index (χ4n) is 1.98. The van der Waals surface area contributed by atoms with Crippen molar-refractivity contribution in [3.05, 3.63) is 63.5 Å². The second kappa shape index (κ2) is 5.15. The van der Waals surface area contributed by atoms with Gasteiger partial charge in [0.1, 0.15) is 10.00 Å². The zero-order chi connectivity index (χ0) is 14.1. The minimum Gasteiger partial charge on any atom is -0.389 e. The Morgan fingerprint density at radius 2 is 2.10 bits per heavy atom. The molecule has 1 aromatic carbocycles. The quantitative estimate of drug-likeness (QED) is 0.753. The van der Waals surface area contributed by atoms with E-state index in [9.17, 15) is 4.79 Å². The lowest BCUT2D eigenvalue weighted by Crippen LogP contribution is -2.28. The van der Waals surface area contributed by atoms with Crippen LogP contribution in [0.25, 0.3) is 10.2 Å². The molecule has 100 valence electrons. The SMILES string of the molecule is NC(=S)c1cccn(Cc2nc3ccccc3s2)c1=O. The van der Waals surface area contributed by atoms with Gasteiger partial charge in [0.15, 0.2) is 0 Å². The van der Waals surface area contributed by atoms with Crippen molar-refractivity contribution in [1.82, 2.24) is 9.55 Å². The second-order valence-corrected chi connectivity index (χ2v) is 5.85. The summed E-state index contributed by atoms with van der Waals surface area (Å²) in [6.07, 6.45) is 1.72. The van der Waals surface area contributed by atoms with E-state index in [2.05, 4.69) is 4.98 Å². The third-order valence-corrected chi connectivity index (χ3v) is 4.17. The summed E-state index contributed by atoms with van der Waals surface area (Å²) in [5, 5.41) is 0.883. The van der Waals surface area contributed by atoms with Crippen LogP contribution >= 0.6 is 23.6 Å². The molecule has 0 saturated heterocycles. The highest BCUT2D eigenvalue weighted by Gasteiger charge is 2.08. The first-order valence-corrected chi connectivity index (χ1v) is 7.21. The van der Waals surface area contributed by atoms with Crippen LogP contribution in [0.2, 0.25) is 0 Å². The molecular weight excluding hydrogens is 290 g/mol. The van der Waals surface area contributed by atoms with Gasteiger partial charge in [-0.25, -0.2) is 4.98 Å². The molecule has 0 aliphatic rings. The van der Waals surface area contributed by atoms with Crippen molar-refractivity contribution in [3.8, 4) is 0 Å². The number of rotatable bonds is 3. The monoisotopic (exact) mass is 301 g/mol. The Kier molecular flexibility index (Phi) is 3.33. The Morgan fingerprint density at radius 1 is 1.30 bits per heavy atom. The number of nitrogens with two attached hydrogens (primary N) is 1. The van der Waals surface area contributed by atoms with Crippen LogP contribution in [0.3, 0.4) is 0 Å². The van der Waals surface area contributed by atoms with Crippen LogP contribution in [0.1, 0.15) is 10.6 Å². The molecule has 0 aliphatic heterocycles. The van der Waals surface area contributed by atoms with Gasteiger partial charge in [-0.1, -0.05) is 24.4 Å². The molecule has 20 heavy (non-hydrogen) atoms. The van der Waals surface area contributed by atoms with Crippen molar-refractivity contribution < 1.29 is 0 Å². The fraction of sp³-hybridized carbons (Fsp3) is 0.0714. The summed E-state index contributed by atoms with van der Waals surface area (Å²) in [6, 6.07) is 11.3. The van der Waals surface area contributed by atoms with E-state index in [1.165, 1.54) is 0 Å². The van der Waals surface area contributed by atoms with Gasteiger partial charge in [-0.05, 0) is 24.3 Å². The van der Waals surface area contributed by atoms with Gasteiger partial charge in [-0.15, -0.1) is 11.3 Å². The number of para-hydroxylation sites is 1. The summed E-state index contributed by atoms with van der Waals surface area (Å²) in [5.41, 5.74) is 6.68. The summed E-state index contributed by atoms with van der Waals surface area (Å²) in [6.45, 7) is 0.425. The molecule has 2 aromatic heterocycles. The van der Waals surface area contributed by atoms with Crippen molar-refractivity contribution >= 4 is 38.8 Å². The van der Waals surface area contributed by atoms with E-state index in [1.54, 1.807) is 34.2 Å². The Hall–Kier alpha value is -2.05. The van der Waals surface area contributed by atoms with Gasteiger partial charge in [0.25, 0.3) is 5.56 Å². The highest BCUT2D eigenvalue weighted by molar-refractivity contribution is 7.80. The van der Waals surface area contributed by atoms with Crippen molar-refractivity contribution in [2.75, 3.05) is 0 Å². The van der Waals surface area contributed by atoms with Crippen molar-refractivity contribution in [3.63, 3.8) is 0 Å². The first-order valence-electron chi connectivity index (χ1n) is 5.99. The summed E-state index contributed by atoms with van der Waals surface area (Å²) >= 11 is 6.46. The predicted octanol–water partition coefficient (Wildman–Crippen LogP) is 2.14. The highest BCUT2D eigenvalue weighted by atomic mass is 32.1. The molecule has 3 aromatic rings. The molecule has 6 heteroatoms. The Labute approximate surface area is 124 Å². The van der Waals surface area contributed by atoms with Crippen molar-refractivity contribution in [2.45, 2.75) is 6.54 Å². The van der Waals surface area contributed by atoms with Crippen LogP contribution in [-0.4, -0.2) is 14.5 Å². The number of thiazole rings is 1. The zero-order valence-corrected chi connectivity index (χ0v) is 12.1. The van der Waals surface area contributed by atoms with E-state index in [1.807, 2.05) is 24.3 Å². The number of hydrogen-bond donors (Lipinski definition) is 1.